The summed E-state index contributed by atoms with van der Waals surface area (Å²) in [5, 5.41) is 12.6. The summed E-state index contributed by atoms with van der Waals surface area (Å²) in [6.45, 7) is 2.04. The van der Waals surface area contributed by atoms with E-state index < -0.39 is 11.2 Å². The van der Waals surface area contributed by atoms with Gasteiger partial charge in [-0.2, -0.15) is 0 Å². The molecule has 0 aliphatic carbocycles. The molecule has 3 nitrogen and oxygen atoms in total. The zero-order chi connectivity index (χ0) is 19.1. The number of aliphatic hydroxyl groups is 1. The molecule has 0 bridgehead atoms. The lowest BCUT2D eigenvalue weighted by Gasteiger charge is -2.41. The van der Waals surface area contributed by atoms with E-state index in [1.165, 1.54) is 0 Å². The van der Waals surface area contributed by atoms with Gasteiger partial charge in [0.25, 0.3) is 0 Å². The number of ether oxygens (including phenoxy) is 1. The van der Waals surface area contributed by atoms with Gasteiger partial charge in [0.05, 0.1) is 5.02 Å². The van der Waals surface area contributed by atoms with Gasteiger partial charge in [-0.3, -0.25) is 4.98 Å². The second-order valence-electron chi connectivity index (χ2n) is 6.77. The molecule has 4 rings (SSSR count). The summed E-state index contributed by atoms with van der Waals surface area (Å²) in [5.41, 5.74) is -0.165. The van der Waals surface area contributed by atoms with E-state index in [-0.39, 0.29) is 0 Å². The molecule has 1 aliphatic heterocycles. The maximum Gasteiger partial charge on any atom is 0.193 e. The van der Waals surface area contributed by atoms with Crippen LogP contribution in [0.5, 0.6) is 5.75 Å². The van der Waals surface area contributed by atoms with Gasteiger partial charge in [-0.25, -0.2) is 0 Å². The van der Waals surface area contributed by atoms with Crippen molar-refractivity contribution in [1.29, 1.82) is 0 Å². The van der Waals surface area contributed by atoms with E-state index in [4.69, 9.17) is 16.3 Å². The smallest absolute Gasteiger partial charge is 0.193 e. The molecular weight excluding hydrogens is 426 g/mol. The zero-order valence-electron chi connectivity index (χ0n) is 14.8. The van der Waals surface area contributed by atoms with E-state index in [1.807, 2.05) is 61.5 Å². The van der Waals surface area contributed by atoms with Gasteiger partial charge in [-0.15, -0.1) is 0 Å². The first-order valence-corrected chi connectivity index (χ1v) is 10.1. The van der Waals surface area contributed by atoms with Crippen LogP contribution in [0.3, 0.4) is 0 Å². The lowest BCUT2D eigenvalue weighted by molar-refractivity contribution is -0.104. The van der Waals surface area contributed by atoms with Crippen LogP contribution in [0.1, 0.15) is 36.6 Å². The largest absolute Gasteiger partial charge is 0.472 e. The molecule has 1 aromatic heterocycles. The Morgan fingerprint density at radius 2 is 1.74 bits per heavy atom. The molecule has 0 radical (unpaired) electrons. The van der Waals surface area contributed by atoms with Crippen LogP contribution in [0.4, 0.5) is 0 Å². The van der Waals surface area contributed by atoms with Crippen molar-refractivity contribution in [3.63, 3.8) is 0 Å². The standard InChI is InChI=1S/C22H19BrClNO2/c1-2-12-21(26)20-19(13-18(24)14-25-20)27-22(21,15-6-4-3-5-7-15)16-8-10-17(23)11-9-16/h3-11,13-14,26H,2,12H2,1H3. The highest BCUT2D eigenvalue weighted by atomic mass is 79.9. The number of benzene rings is 2. The minimum Gasteiger partial charge on any atom is -0.472 e. The van der Waals surface area contributed by atoms with Gasteiger partial charge in [0, 0.05) is 27.9 Å². The first-order chi connectivity index (χ1) is 13.0. The van der Waals surface area contributed by atoms with Crippen LogP contribution in [0, 0.1) is 0 Å². The number of aromatic nitrogens is 1. The molecule has 1 aliphatic rings. The second-order valence-corrected chi connectivity index (χ2v) is 8.12. The van der Waals surface area contributed by atoms with Crippen LogP contribution in [0.15, 0.2) is 71.3 Å². The molecule has 0 spiro atoms. The van der Waals surface area contributed by atoms with E-state index in [9.17, 15) is 5.11 Å². The van der Waals surface area contributed by atoms with Crippen LogP contribution in [0.2, 0.25) is 5.02 Å². The third-order valence-corrected chi connectivity index (χ3v) is 5.83. The highest BCUT2D eigenvalue weighted by molar-refractivity contribution is 9.10. The van der Waals surface area contributed by atoms with E-state index in [0.717, 1.165) is 22.0 Å². The molecule has 0 saturated heterocycles. The van der Waals surface area contributed by atoms with Crippen molar-refractivity contribution < 1.29 is 9.84 Å². The van der Waals surface area contributed by atoms with Crippen LogP contribution >= 0.6 is 27.5 Å². The number of halogens is 2. The number of hydrogen-bond acceptors (Lipinski definition) is 3. The van der Waals surface area contributed by atoms with Gasteiger partial charge in [0.15, 0.2) is 11.2 Å². The van der Waals surface area contributed by atoms with Crippen LogP contribution in [0.25, 0.3) is 0 Å². The molecule has 27 heavy (non-hydrogen) atoms. The number of pyridine rings is 1. The average molecular weight is 445 g/mol. The summed E-state index contributed by atoms with van der Waals surface area (Å²) in [6, 6.07) is 19.4. The lowest BCUT2D eigenvalue weighted by atomic mass is 9.70. The minimum atomic E-state index is -1.32. The predicted octanol–water partition coefficient (Wildman–Crippen LogP) is 5.82. The Bertz CT molecular complexity index is 964. The van der Waals surface area contributed by atoms with Crippen molar-refractivity contribution in [3.8, 4) is 5.75 Å². The topological polar surface area (TPSA) is 42.4 Å². The van der Waals surface area contributed by atoms with Crippen LogP contribution in [-0.2, 0) is 11.2 Å². The van der Waals surface area contributed by atoms with E-state index >= 15 is 0 Å². The number of nitrogens with zero attached hydrogens (tertiary/aromatic N) is 1. The second kappa shape index (κ2) is 6.93. The van der Waals surface area contributed by atoms with Gasteiger partial charge < -0.3 is 9.84 Å². The number of hydrogen-bond donors (Lipinski definition) is 1. The van der Waals surface area contributed by atoms with Gasteiger partial charge in [0.1, 0.15) is 11.4 Å². The highest BCUT2D eigenvalue weighted by Gasteiger charge is 2.62. The molecule has 2 atom stereocenters. The molecule has 1 N–H and O–H groups in total. The van der Waals surface area contributed by atoms with E-state index in [2.05, 4.69) is 20.9 Å². The Morgan fingerprint density at radius 3 is 2.41 bits per heavy atom. The fourth-order valence-corrected chi connectivity index (χ4v) is 4.41. The SMILES string of the molecule is CCCC1(O)c2ncc(Cl)cc2OC1(c1ccccc1)c1ccc(Br)cc1. The van der Waals surface area contributed by atoms with Crippen LogP contribution < -0.4 is 4.74 Å². The zero-order valence-corrected chi connectivity index (χ0v) is 17.2. The molecule has 2 unspecified atom stereocenters. The van der Waals surface area contributed by atoms with Gasteiger partial charge in [-0.1, -0.05) is 83.3 Å². The Morgan fingerprint density at radius 1 is 1.07 bits per heavy atom. The molecule has 0 saturated carbocycles. The number of rotatable bonds is 4. The van der Waals surface area contributed by atoms with Crippen molar-refractivity contribution in [1.82, 2.24) is 4.98 Å². The maximum atomic E-state index is 12.1. The van der Waals surface area contributed by atoms with Crippen molar-refractivity contribution in [2.24, 2.45) is 0 Å². The quantitative estimate of drug-likeness (QED) is 0.551. The summed E-state index contributed by atoms with van der Waals surface area (Å²) >= 11 is 9.66. The van der Waals surface area contributed by atoms with E-state index in [0.29, 0.717) is 22.9 Å². The van der Waals surface area contributed by atoms with Crippen molar-refractivity contribution in [2.45, 2.75) is 31.0 Å². The normalized spacial score (nSPS) is 23.7. The van der Waals surface area contributed by atoms with E-state index in [1.54, 1.807) is 12.3 Å². The lowest BCUT2D eigenvalue weighted by Crippen LogP contribution is -2.50. The van der Waals surface area contributed by atoms with Gasteiger partial charge in [0.2, 0.25) is 0 Å². The molecule has 138 valence electrons. The Hall–Kier alpha value is -1.88. The molecule has 3 aromatic rings. The summed E-state index contributed by atoms with van der Waals surface area (Å²) in [5.74, 6) is 0.519. The molecule has 2 heterocycles. The highest BCUT2D eigenvalue weighted by Crippen LogP contribution is 2.57. The van der Waals surface area contributed by atoms with Gasteiger partial charge >= 0.3 is 0 Å². The number of fused-ring (bicyclic) bond motifs is 1. The fraction of sp³-hybridized carbons (Fsp3) is 0.227. The Labute approximate surface area is 172 Å². The summed E-state index contributed by atoms with van der Waals surface area (Å²) in [6.07, 6.45) is 2.83. The average Bonchev–Trinajstić information content (AvgIpc) is 2.92. The Kier molecular flexibility index (Phi) is 4.75. The van der Waals surface area contributed by atoms with Crippen LogP contribution in [-0.4, -0.2) is 10.1 Å². The van der Waals surface area contributed by atoms with Crippen molar-refractivity contribution in [2.75, 3.05) is 0 Å². The Balaban J connectivity index is 2.04. The maximum absolute atomic E-state index is 12.1. The summed E-state index contributed by atoms with van der Waals surface area (Å²) in [7, 11) is 0. The monoisotopic (exact) mass is 443 g/mol. The molecule has 0 amide bonds. The van der Waals surface area contributed by atoms with Crippen molar-refractivity contribution in [3.05, 3.63) is 93.2 Å². The predicted molar refractivity (Wildman–Crippen MR) is 110 cm³/mol. The summed E-state index contributed by atoms with van der Waals surface area (Å²) < 4.78 is 7.51. The summed E-state index contributed by atoms with van der Waals surface area (Å²) in [4.78, 5) is 4.48. The molecule has 0 fully saturated rings. The van der Waals surface area contributed by atoms with Gasteiger partial charge in [-0.05, 0) is 18.6 Å². The third-order valence-electron chi connectivity index (χ3n) is 5.10. The first kappa shape index (κ1) is 18.5. The third kappa shape index (κ3) is 2.78. The molecule has 2 aromatic carbocycles. The fourth-order valence-electron chi connectivity index (χ4n) is 4.00. The first-order valence-electron chi connectivity index (χ1n) is 8.90. The minimum absolute atomic E-state index is 0.479. The molecular formula is C22H19BrClNO2. The molecule has 5 heteroatoms. The van der Waals surface area contributed by atoms with Crippen molar-refractivity contribution >= 4 is 27.5 Å².